The normalized spacial score (nSPS) is 37.5. The predicted octanol–water partition coefficient (Wildman–Crippen LogP) is 1.95. The van der Waals surface area contributed by atoms with Crippen molar-refractivity contribution in [3.05, 3.63) is 0 Å². The Kier molecular flexibility index (Phi) is 2.56. The highest BCUT2D eigenvalue weighted by molar-refractivity contribution is 5.75. The first-order chi connectivity index (χ1) is 6.29. The molecule has 0 aliphatic heterocycles. The molecule has 2 heteroatoms. The average molecular weight is 181 g/mol. The highest BCUT2D eigenvalue weighted by Gasteiger charge is 2.37. The third-order valence-corrected chi connectivity index (χ3v) is 3.84. The second kappa shape index (κ2) is 3.69. The summed E-state index contributed by atoms with van der Waals surface area (Å²) < 4.78 is 0. The van der Waals surface area contributed by atoms with Crippen LogP contribution in [0, 0.1) is 17.8 Å². The minimum absolute atomic E-state index is 0.227. The topological polar surface area (TPSA) is 29.1 Å². The molecule has 1 unspecified atom stereocenters. The SMILES string of the molecule is CNC(=O)CC1C[C@H]2CCC[C@H]2C1. The lowest BCUT2D eigenvalue weighted by Crippen LogP contribution is -2.20. The number of fused-ring (bicyclic) bond motifs is 1. The predicted molar refractivity (Wildman–Crippen MR) is 52.2 cm³/mol. The van der Waals surface area contributed by atoms with Crippen molar-refractivity contribution in [2.75, 3.05) is 7.05 Å². The zero-order valence-corrected chi connectivity index (χ0v) is 8.38. The van der Waals surface area contributed by atoms with Gasteiger partial charge < -0.3 is 5.32 Å². The Bertz CT molecular complexity index is 190. The van der Waals surface area contributed by atoms with Gasteiger partial charge in [0.25, 0.3) is 0 Å². The molecule has 3 atom stereocenters. The third kappa shape index (κ3) is 1.87. The maximum atomic E-state index is 11.2. The van der Waals surface area contributed by atoms with Crippen LogP contribution in [0.2, 0.25) is 0 Å². The summed E-state index contributed by atoms with van der Waals surface area (Å²) in [5, 5.41) is 2.72. The molecule has 2 fully saturated rings. The maximum absolute atomic E-state index is 11.2. The van der Waals surface area contributed by atoms with Gasteiger partial charge in [0.05, 0.1) is 0 Å². The second-order valence-corrected chi connectivity index (χ2v) is 4.67. The van der Waals surface area contributed by atoms with Gasteiger partial charge in [-0.1, -0.05) is 19.3 Å². The van der Waals surface area contributed by atoms with Crippen molar-refractivity contribution >= 4 is 5.91 Å². The first-order valence-corrected chi connectivity index (χ1v) is 5.50. The largest absolute Gasteiger partial charge is 0.359 e. The van der Waals surface area contributed by atoms with E-state index in [2.05, 4.69) is 5.32 Å². The molecule has 2 rings (SSSR count). The molecule has 2 aliphatic carbocycles. The van der Waals surface area contributed by atoms with Crippen molar-refractivity contribution in [1.82, 2.24) is 5.32 Å². The van der Waals surface area contributed by atoms with Crippen LogP contribution in [0.25, 0.3) is 0 Å². The highest BCUT2D eigenvalue weighted by atomic mass is 16.1. The smallest absolute Gasteiger partial charge is 0.220 e. The van der Waals surface area contributed by atoms with Gasteiger partial charge in [-0.05, 0) is 30.6 Å². The summed E-state index contributed by atoms with van der Waals surface area (Å²) in [4.78, 5) is 11.2. The molecular weight excluding hydrogens is 162 g/mol. The molecule has 0 radical (unpaired) electrons. The summed E-state index contributed by atoms with van der Waals surface area (Å²) in [5.74, 6) is 2.85. The fraction of sp³-hybridized carbons (Fsp3) is 0.909. The maximum Gasteiger partial charge on any atom is 0.220 e. The van der Waals surface area contributed by atoms with E-state index < -0.39 is 0 Å². The molecule has 0 aromatic carbocycles. The fourth-order valence-electron chi connectivity index (χ4n) is 3.22. The van der Waals surface area contributed by atoms with E-state index in [9.17, 15) is 4.79 Å². The van der Waals surface area contributed by atoms with Crippen LogP contribution in [0.15, 0.2) is 0 Å². The van der Waals surface area contributed by atoms with Gasteiger partial charge in [-0.25, -0.2) is 0 Å². The molecule has 0 aromatic heterocycles. The Morgan fingerprint density at radius 3 is 2.46 bits per heavy atom. The van der Waals surface area contributed by atoms with Gasteiger partial charge in [-0.15, -0.1) is 0 Å². The summed E-state index contributed by atoms with van der Waals surface area (Å²) in [6.45, 7) is 0. The van der Waals surface area contributed by atoms with Crippen molar-refractivity contribution < 1.29 is 4.79 Å². The summed E-state index contributed by atoms with van der Waals surface area (Å²) >= 11 is 0. The molecule has 0 saturated heterocycles. The molecule has 1 amide bonds. The van der Waals surface area contributed by atoms with Crippen molar-refractivity contribution in [2.45, 2.75) is 38.5 Å². The second-order valence-electron chi connectivity index (χ2n) is 4.67. The molecule has 13 heavy (non-hydrogen) atoms. The molecule has 0 aromatic rings. The van der Waals surface area contributed by atoms with Gasteiger partial charge in [0.2, 0.25) is 5.91 Å². The summed E-state index contributed by atoms with van der Waals surface area (Å²) in [6, 6.07) is 0. The fourth-order valence-corrected chi connectivity index (χ4v) is 3.22. The van der Waals surface area contributed by atoms with Crippen molar-refractivity contribution in [2.24, 2.45) is 17.8 Å². The molecule has 0 heterocycles. The van der Waals surface area contributed by atoms with Crippen molar-refractivity contribution in [3.63, 3.8) is 0 Å². The van der Waals surface area contributed by atoms with E-state index in [0.29, 0.717) is 5.92 Å². The van der Waals surface area contributed by atoms with E-state index in [0.717, 1.165) is 18.3 Å². The van der Waals surface area contributed by atoms with E-state index in [1.807, 2.05) is 0 Å². The van der Waals surface area contributed by atoms with Crippen LogP contribution in [0.3, 0.4) is 0 Å². The van der Waals surface area contributed by atoms with Crippen molar-refractivity contribution in [3.8, 4) is 0 Å². The van der Waals surface area contributed by atoms with Crippen LogP contribution in [0.1, 0.15) is 38.5 Å². The number of hydrogen-bond acceptors (Lipinski definition) is 1. The molecule has 74 valence electrons. The van der Waals surface area contributed by atoms with Gasteiger partial charge in [0, 0.05) is 13.5 Å². The van der Waals surface area contributed by atoms with E-state index in [1.165, 1.54) is 32.1 Å². The van der Waals surface area contributed by atoms with Gasteiger partial charge >= 0.3 is 0 Å². The number of amides is 1. The molecule has 2 saturated carbocycles. The number of carbonyl (C=O) groups is 1. The molecule has 0 spiro atoms. The van der Waals surface area contributed by atoms with Crippen LogP contribution in [0.4, 0.5) is 0 Å². The molecule has 2 aliphatic rings. The first kappa shape index (κ1) is 9.04. The zero-order chi connectivity index (χ0) is 9.26. The van der Waals surface area contributed by atoms with Crippen LogP contribution < -0.4 is 5.32 Å². The standard InChI is InChI=1S/C11H19NO/c1-12-11(13)7-8-5-9-3-2-4-10(9)6-8/h8-10H,2-7H2,1H3,(H,12,13)/t8?,9-,10+. The zero-order valence-electron chi connectivity index (χ0n) is 8.38. The number of carbonyl (C=O) groups excluding carboxylic acids is 1. The quantitative estimate of drug-likeness (QED) is 0.693. The molecule has 0 bridgehead atoms. The van der Waals surface area contributed by atoms with Crippen LogP contribution in [-0.2, 0) is 4.79 Å². The lowest BCUT2D eigenvalue weighted by atomic mass is 9.99. The monoisotopic (exact) mass is 181 g/mol. The minimum atomic E-state index is 0.227. The number of nitrogens with one attached hydrogen (secondary N) is 1. The molecule has 2 nitrogen and oxygen atoms in total. The number of hydrogen-bond donors (Lipinski definition) is 1. The van der Waals surface area contributed by atoms with Crippen LogP contribution >= 0.6 is 0 Å². The van der Waals surface area contributed by atoms with E-state index in [1.54, 1.807) is 7.05 Å². The Balaban J connectivity index is 1.82. The van der Waals surface area contributed by atoms with Gasteiger partial charge in [0.1, 0.15) is 0 Å². The summed E-state index contributed by atoms with van der Waals surface area (Å²) in [5.41, 5.74) is 0. The van der Waals surface area contributed by atoms with Crippen LogP contribution in [0.5, 0.6) is 0 Å². The van der Waals surface area contributed by atoms with Crippen LogP contribution in [-0.4, -0.2) is 13.0 Å². The Morgan fingerprint density at radius 1 is 1.31 bits per heavy atom. The van der Waals surface area contributed by atoms with E-state index in [-0.39, 0.29) is 5.91 Å². The molecular formula is C11H19NO. The summed E-state index contributed by atoms with van der Waals surface area (Å²) in [6.07, 6.45) is 7.69. The highest BCUT2D eigenvalue weighted by Crippen LogP contribution is 2.47. The molecule has 1 N–H and O–H groups in total. The lowest BCUT2D eigenvalue weighted by Gasteiger charge is -2.08. The van der Waals surface area contributed by atoms with E-state index in [4.69, 9.17) is 0 Å². The summed E-state index contributed by atoms with van der Waals surface area (Å²) in [7, 11) is 1.73. The minimum Gasteiger partial charge on any atom is -0.359 e. The van der Waals surface area contributed by atoms with Gasteiger partial charge in [-0.3, -0.25) is 4.79 Å². The van der Waals surface area contributed by atoms with Gasteiger partial charge in [0.15, 0.2) is 0 Å². The number of rotatable bonds is 2. The average Bonchev–Trinajstić information content (AvgIpc) is 2.63. The lowest BCUT2D eigenvalue weighted by molar-refractivity contribution is -0.121. The Hall–Kier alpha value is -0.530. The third-order valence-electron chi connectivity index (χ3n) is 3.84. The Labute approximate surface area is 80.1 Å². The first-order valence-electron chi connectivity index (χ1n) is 5.50. The van der Waals surface area contributed by atoms with Gasteiger partial charge in [-0.2, -0.15) is 0 Å². The van der Waals surface area contributed by atoms with E-state index >= 15 is 0 Å². The van der Waals surface area contributed by atoms with Crippen molar-refractivity contribution in [1.29, 1.82) is 0 Å². The Morgan fingerprint density at radius 2 is 1.92 bits per heavy atom.